The zero-order valence-corrected chi connectivity index (χ0v) is 11.2. The van der Waals surface area contributed by atoms with Gasteiger partial charge in [0, 0.05) is 5.69 Å². The van der Waals surface area contributed by atoms with Crippen molar-refractivity contribution in [3.8, 4) is 0 Å². The van der Waals surface area contributed by atoms with Crippen LogP contribution in [0.1, 0.15) is 31.4 Å². The molecule has 98 valence electrons. The number of carboxylic acid groups (broad SMARTS) is 1. The monoisotopic (exact) mass is 276 g/mol. The van der Waals surface area contributed by atoms with Gasteiger partial charge < -0.3 is 10.4 Å². The predicted molar refractivity (Wildman–Crippen MR) is 72.9 cm³/mol. The Balaban J connectivity index is 2.29. The van der Waals surface area contributed by atoms with Gasteiger partial charge in [-0.05, 0) is 36.9 Å². The molecule has 0 aliphatic rings. The average molecular weight is 276 g/mol. The lowest BCUT2D eigenvalue weighted by atomic mass is 10.2. The summed E-state index contributed by atoms with van der Waals surface area (Å²) < 4.78 is 0. The molecule has 19 heavy (non-hydrogen) atoms. The number of hydrogen-bond donors (Lipinski definition) is 2. The number of thiophene rings is 1. The molecule has 0 unspecified atom stereocenters. The molecular weight excluding hydrogens is 264 g/mol. The topological polar surface area (TPSA) is 79.3 Å². The van der Waals surface area contributed by atoms with Crippen molar-refractivity contribution in [1.29, 1.82) is 0 Å². The van der Waals surface area contributed by atoms with E-state index in [1.807, 2.05) is 0 Å². The minimum atomic E-state index is -1.05. The maximum atomic E-state index is 12.0. The summed E-state index contributed by atoms with van der Waals surface area (Å²) in [4.78, 5) is 27.3. The summed E-state index contributed by atoms with van der Waals surface area (Å²) in [5, 5.41) is 13.4. The molecule has 2 N–H and O–H groups in total. The minimum absolute atomic E-state index is 0.124. The maximum Gasteiger partial charge on any atom is 0.348 e. The summed E-state index contributed by atoms with van der Waals surface area (Å²) >= 11 is 1.09. The largest absolute Gasteiger partial charge is 0.477 e. The number of anilines is 1. The number of rotatable bonds is 3. The molecule has 2 heterocycles. The zero-order chi connectivity index (χ0) is 14.0. The third kappa shape index (κ3) is 2.79. The van der Waals surface area contributed by atoms with E-state index in [2.05, 4.69) is 10.3 Å². The number of aryl methyl sites for hydroxylation is 2. The summed E-state index contributed by atoms with van der Waals surface area (Å²) in [5.41, 5.74) is 2.06. The van der Waals surface area contributed by atoms with E-state index in [1.54, 1.807) is 37.4 Å². The Morgan fingerprint density at radius 3 is 2.68 bits per heavy atom. The van der Waals surface area contributed by atoms with Crippen LogP contribution in [0.3, 0.4) is 0 Å². The van der Waals surface area contributed by atoms with Crippen molar-refractivity contribution in [3.63, 3.8) is 0 Å². The first-order valence-electron chi connectivity index (χ1n) is 5.55. The van der Waals surface area contributed by atoms with E-state index in [1.165, 1.54) is 0 Å². The molecule has 0 aliphatic carbocycles. The molecule has 0 saturated carbocycles. The minimum Gasteiger partial charge on any atom is -0.477 e. The molecule has 2 aromatic heterocycles. The van der Waals surface area contributed by atoms with E-state index in [0.29, 0.717) is 5.69 Å². The van der Waals surface area contributed by atoms with Crippen molar-refractivity contribution in [2.75, 3.05) is 5.32 Å². The molecule has 0 spiro atoms. The number of carbonyl (C=O) groups excluding carboxylic acids is 1. The van der Waals surface area contributed by atoms with Crippen molar-refractivity contribution in [2.45, 2.75) is 13.8 Å². The SMILES string of the molecule is Cc1cccc(C(=O)Nc2c(C)csc2C(=O)O)n1. The Labute approximate surface area is 113 Å². The van der Waals surface area contributed by atoms with E-state index < -0.39 is 11.9 Å². The second kappa shape index (κ2) is 5.19. The molecule has 6 heteroatoms. The van der Waals surface area contributed by atoms with Crippen LogP contribution in [0.2, 0.25) is 0 Å². The lowest BCUT2D eigenvalue weighted by molar-refractivity contribution is 0.0703. The summed E-state index contributed by atoms with van der Waals surface area (Å²) in [6.07, 6.45) is 0. The number of aromatic nitrogens is 1. The Bertz CT molecular complexity index is 649. The van der Waals surface area contributed by atoms with Crippen LogP contribution in [0.15, 0.2) is 23.6 Å². The molecule has 0 aliphatic heterocycles. The Morgan fingerprint density at radius 2 is 2.05 bits per heavy atom. The van der Waals surface area contributed by atoms with Crippen LogP contribution in [0.25, 0.3) is 0 Å². The van der Waals surface area contributed by atoms with Crippen LogP contribution < -0.4 is 5.32 Å². The van der Waals surface area contributed by atoms with Crippen LogP contribution in [-0.2, 0) is 0 Å². The molecular formula is C13H12N2O3S. The summed E-state index contributed by atoms with van der Waals surface area (Å²) in [6.45, 7) is 3.54. The lowest BCUT2D eigenvalue weighted by Crippen LogP contribution is -2.16. The van der Waals surface area contributed by atoms with Crippen molar-refractivity contribution in [3.05, 3.63) is 45.4 Å². The summed E-state index contributed by atoms with van der Waals surface area (Å²) in [7, 11) is 0. The molecule has 0 bridgehead atoms. The molecule has 0 radical (unpaired) electrons. The number of carboxylic acids is 1. The standard InChI is InChI=1S/C13H12N2O3S/c1-7-6-19-11(13(17)18)10(7)15-12(16)9-5-3-4-8(2)14-9/h3-6H,1-2H3,(H,15,16)(H,17,18). The highest BCUT2D eigenvalue weighted by molar-refractivity contribution is 7.12. The van der Waals surface area contributed by atoms with Crippen LogP contribution in [-0.4, -0.2) is 22.0 Å². The fourth-order valence-electron chi connectivity index (χ4n) is 1.60. The van der Waals surface area contributed by atoms with E-state index in [4.69, 9.17) is 5.11 Å². The first kappa shape index (κ1) is 13.2. The molecule has 0 aromatic carbocycles. The first-order valence-corrected chi connectivity index (χ1v) is 6.43. The highest BCUT2D eigenvalue weighted by Gasteiger charge is 2.18. The third-order valence-electron chi connectivity index (χ3n) is 2.53. The van der Waals surface area contributed by atoms with Gasteiger partial charge in [-0.2, -0.15) is 0 Å². The smallest absolute Gasteiger partial charge is 0.348 e. The van der Waals surface area contributed by atoms with Gasteiger partial charge in [-0.1, -0.05) is 6.07 Å². The second-order valence-corrected chi connectivity index (χ2v) is 4.93. The van der Waals surface area contributed by atoms with Crippen molar-refractivity contribution >= 4 is 28.9 Å². The van der Waals surface area contributed by atoms with Gasteiger partial charge in [0.15, 0.2) is 0 Å². The highest BCUT2D eigenvalue weighted by Crippen LogP contribution is 2.27. The van der Waals surface area contributed by atoms with Crippen molar-refractivity contribution in [2.24, 2.45) is 0 Å². The Hall–Kier alpha value is -2.21. The number of nitrogens with zero attached hydrogens (tertiary/aromatic N) is 1. The molecule has 0 saturated heterocycles. The molecule has 5 nitrogen and oxygen atoms in total. The number of amides is 1. The van der Waals surface area contributed by atoms with Crippen molar-refractivity contribution in [1.82, 2.24) is 4.98 Å². The number of hydrogen-bond acceptors (Lipinski definition) is 4. The summed E-state index contributed by atoms with van der Waals surface area (Å²) in [5.74, 6) is -1.46. The van der Waals surface area contributed by atoms with Gasteiger partial charge in [-0.15, -0.1) is 11.3 Å². The quantitative estimate of drug-likeness (QED) is 0.903. The van der Waals surface area contributed by atoms with Gasteiger partial charge in [0.2, 0.25) is 0 Å². The lowest BCUT2D eigenvalue weighted by Gasteiger charge is -2.06. The number of nitrogens with one attached hydrogen (secondary N) is 1. The molecule has 0 atom stereocenters. The fourth-order valence-corrected chi connectivity index (χ4v) is 2.45. The second-order valence-electron chi connectivity index (χ2n) is 4.05. The predicted octanol–water partition coefficient (Wildman–Crippen LogP) is 2.71. The van der Waals surface area contributed by atoms with Gasteiger partial charge >= 0.3 is 5.97 Å². The van der Waals surface area contributed by atoms with Gasteiger partial charge in [0.05, 0.1) is 5.69 Å². The fraction of sp³-hybridized carbons (Fsp3) is 0.154. The molecule has 0 fully saturated rings. The Morgan fingerprint density at radius 1 is 1.32 bits per heavy atom. The van der Waals surface area contributed by atoms with E-state index in [-0.39, 0.29) is 10.6 Å². The van der Waals surface area contributed by atoms with Gasteiger partial charge in [0.25, 0.3) is 5.91 Å². The Kier molecular flexibility index (Phi) is 3.62. The van der Waals surface area contributed by atoms with Gasteiger partial charge in [-0.25, -0.2) is 9.78 Å². The normalized spacial score (nSPS) is 10.2. The van der Waals surface area contributed by atoms with Gasteiger partial charge in [-0.3, -0.25) is 4.79 Å². The first-order chi connectivity index (χ1) is 8.99. The molecule has 1 amide bonds. The number of pyridine rings is 1. The van der Waals surface area contributed by atoms with E-state index in [9.17, 15) is 9.59 Å². The number of carbonyl (C=O) groups is 2. The van der Waals surface area contributed by atoms with E-state index in [0.717, 1.165) is 22.6 Å². The maximum absolute atomic E-state index is 12.0. The molecule has 2 aromatic rings. The van der Waals surface area contributed by atoms with Gasteiger partial charge in [0.1, 0.15) is 10.6 Å². The molecule has 2 rings (SSSR count). The average Bonchev–Trinajstić information content (AvgIpc) is 2.71. The van der Waals surface area contributed by atoms with Crippen LogP contribution in [0.5, 0.6) is 0 Å². The van der Waals surface area contributed by atoms with Crippen molar-refractivity contribution < 1.29 is 14.7 Å². The number of aromatic carboxylic acids is 1. The summed E-state index contributed by atoms with van der Waals surface area (Å²) in [6, 6.07) is 5.11. The van der Waals surface area contributed by atoms with Crippen LogP contribution in [0, 0.1) is 13.8 Å². The zero-order valence-electron chi connectivity index (χ0n) is 10.4. The highest BCUT2D eigenvalue weighted by atomic mass is 32.1. The van der Waals surface area contributed by atoms with Crippen LogP contribution >= 0.6 is 11.3 Å². The van der Waals surface area contributed by atoms with Crippen LogP contribution in [0.4, 0.5) is 5.69 Å². The third-order valence-corrected chi connectivity index (χ3v) is 3.61. The van der Waals surface area contributed by atoms with E-state index >= 15 is 0 Å².